The Morgan fingerprint density at radius 2 is 1.80 bits per heavy atom. The maximum Gasteiger partial charge on any atom is 0.171 e. The van der Waals surface area contributed by atoms with Crippen LogP contribution in [0.2, 0.25) is 10.0 Å². The summed E-state index contributed by atoms with van der Waals surface area (Å²) in [6.45, 7) is 0. The topological polar surface area (TPSA) is 26.3 Å². The van der Waals surface area contributed by atoms with Crippen molar-refractivity contribution in [1.29, 1.82) is 0 Å². The number of ketones is 1. The van der Waals surface area contributed by atoms with Crippen LogP contribution >= 0.6 is 23.2 Å². The molecule has 20 heavy (non-hydrogen) atoms. The van der Waals surface area contributed by atoms with Gasteiger partial charge >= 0.3 is 0 Å². The molecular formula is C15H11Cl2FO2. The van der Waals surface area contributed by atoms with E-state index in [0.29, 0.717) is 21.4 Å². The SMILES string of the molecule is COc1ccc(Cl)cc1C(=O)Cc1cc(Cl)ccc1F. The van der Waals surface area contributed by atoms with Gasteiger partial charge < -0.3 is 4.74 Å². The van der Waals surface area contributed by atoms with E-state index in [9.17, 15) is 9.18 Å². The first-order chi connectivity index (χ1) is 9.51. The summed E-state index contributed by atoms with van der Waals surface area (Å²) in [4.78, 5) is 12.3. The molecule has 0 aliphatic heterocycles. The highest BCUT2D eigenvalue weighted by Gasteiger charge is 2.15. The van der Waals surface area contributed by atoms with Crippen LogP contribution in [0.5, 0.6) is 5.75 Å². The van der Waals surface area contributed by atoms with Crippen molar-refractivity contribution in [1.82, 2.24) is 0 Å². The zero-order valence-electron chi connectivity index (χ0n) is 10.6. The maximum atomic E-state index is 13.6. The van der Waals surface area contributed by atoms with Crippen LogP contribution in [-0.4, -0.2) is 12.9 Å². The molecule has 0 radical (unpaired) electrons. The Morgan fingerprint density at radius 1 is 1.15 bits per heavy atom. The molecule has 0 aliphatic carbocycles. The summed E-state index contributed by atoms with van der Waals surface area (Å²) >= 11 is 11.7. The molecule has 0 amide bonds. The van der Waals surface area contributed by atoms with Crippen LogP contribution in [0.1, 0.15) is 15.9 Å². The number of carbonyl (C=O) groups is 1. The Hall–Kier alpha value is -1.58. The van der Waals surface area contributed by atoms with E-state index in [4.69, 9.17) is 27.9 Å². The van der Waals surface area contributed by atoms with Gasteiger partial charge in [0.2, 0.25) is 0 Å². The summed E-state index contributed by atoms with van der Waals surface area (Å²) in [5.74, 6) is -0.351. The predicted octanol–water partition coefficient (Wildman–Crippen LogP) is 4.57. The lowest BCUT2D eigenvalue weighted by molar-refractivity contribution is 0.0989. The minimum absolute atomic E-state index is 0.108. The molecule has 0 unspecified atom stereocenters. The van der Waals surface area contributed by atoms with Crippen LogP contribution in [0.25, 0.3) is 0 Å². The molecule has 0 aliphatic rings. The number of halogens is 3. The van der Waals surface area contributed by atoms with Gasteiger partial charge in [0, 0.05) is 16.5 Å². The minimum atomic E-state index is -0.469. The van der Waals surface area contributed by atoms with Crippen molar-refractivity contribution < 1.29 is 13.9 Å². The molecule has 0 atom stereocenters. The van der Waals surface area contributed by atoms with Gasteiger partial charge in [0.15, 0.2) is 5.78 Å². The third-order valence-electron chi connectivity index (χ3n) is 2.82. The van der Waals surface area contributed by atoms with Crippen molar-refractivity contribution >= 4 is 29.0 Å². The van der Waals surface area contributed by atoms with Crippen molar-refractivity contribution in [3.63, 3.8) is 0 Å². The third kappa shape index (κ3) is 3.30. The Morgan fingerprint density at radius 3 is 2.50 bits per heavy atom. The summed E-state index contributed by atoms with van der Waals surface area (Å²) in [5, 5.41) is 0.799. The number of Topliss-reactive ketones (excluding diaryl/α,β-unsaturated/α-hetero) is 1. The lowest BCUT2D eigenvalue weighted by Crippen LogP contribution is -2.07. The average Bonchev–Trinajstić information content (AvgIpc) is 2.42. The zero-order valence-corrected chi connectivity index (χ0v) is 12.1. The Bertz CT molecular complexity index is 656. The van der Waals surface area contributed by atoms with Gasteiger partial charge in [-0.3, -0.25) is 4.79 Å². The number of rotatable bonds is 4. The van der Waals surface area contributed by atoms with E-state index in [1.165, 1.54) is 31.4 Å². The van der Waals surface area contributed by atoms with Crippen molar-refractivity contribution in [3.05, 3.63) is 63.4 Å². The highest BCUT2D eigenvalue weighted by molar-refractivity contribution is 6.31. The van der Waals surface area contributed by atoms with Gasteiger partial charge in [0.25, 0.3) is 0 Å². The Labute approximate surface area is 126 Å². The second kappa shape index (κ2) is 6.25. The first-order valence-electron chi connectivity index (χ1n) is 5.82. The molecule has 0 spiro atoms. The van der Waals surface area contributed by atoms with E-state index in [2.05, 4.69) is 0 Å². The number of methoxy groups -OCH3 is 1. The van der Waals surface area contributed by atoms with Crippen LogP contribution in [-0.2, 0) is 6.42 Å². The molecule has 0 N–H and O–H groups in total. The van der Waals surface area contributed by atoms with E-state index >= 15 is 0 Å². The lowest BCUT2D eigenvalue weighted by atomic mass is 10.0. The van der Waals surface area contributed by atoms with Gasteiger partial charge in [-0.25, -0.2) is 4.39 Å². The molecule has 0 saturated carbocycles. The quantitative estimate of drug-likeness (QED) is 0.773. The smallest absolute Gasteiger partial charge is 0.171 e. The summed E-state index contributed by atoms with van der Waals surface area (Å²) in [6, 6.07) is 8.84. The van der Waals surface area contributed by atoms with Crippen LogP contribution in [0.3, 0.4) is 0 Å². The van der Waals surface area contributed by atoms with Crippen molar-refractivity contribution in [2.24, 2.45) is 0 Å². The molecular weight excluding hydrogens is 302 g/mol. The highest BCUT2D eigenvalue weighted by Crippen LogP contribution is 2.25. The van der Waals surface area contributed by atoms with Crippen molar-refractivity contribution in [3.8, 4) is 5.75 Å². The van der Waals surface area contributed by atoms with E-state index < -0.39 is 5.82 Å². The predicted molar refractivity (Wildman–Crippen MR) is 77.4 cm³/mol. The van der Waals surface area contributed by atoms with Gasteiger partial charge in [-0.15, -0.1) is 0 Å². The molecule has 0 bridgehead atoms. The fraction of sp³-hybridized carbons (Fsp3) is 0.133. The number of ether oxygens (including phenoxy) is 1. The third-order valence-corrected chi connectivity index (χ3v) is 3.29. The number of carbonyl (C=O) groups excluding carboxylic acids is 1. The van der Waals surface area contributed by atoms with Crippen LogP contribution in [0, 0.1) is 5.82 Å². The first kappa shape index (κ1) is 14.8. The second-order valence-electron chi connectivity index (χ2n) is 4.18. The lowest BCUT2D eigenvalue weighted by Gasteiger charge is -2.09. The van der Waals surface area contributed by atoms with Gasteiger partial charge in [0.1, 0.15) is 11.6 Å². The maximum absolute atomic E-state index is 13.6. The number of hydrogen-bond donors (Lipinski definition) is 0. The summed E-state index contributed by atoms with van der Waals surface area (Å²) in [6.07, 6.45) is -0.108. The van der Waals surface area contributed by atoms with E-state index in [-0.39, 0.29) is 17.8 Å². The van der Waals surface area contributed by atoms with Crippen LogP contribution in [0.4, 0.5) is 4.39 Å². The van der Waals surface area contributed by atoms with E-state index in [0.717, 1.165) is 0 Å². The molecule has 2 rings (SSSR count). The zero-order chi connectivity index (χ0) is 14.7. The molecule has 0 aromatic heterocycles. The molecule has 0 fully saturated rings. The first-order valence-corrected chi connectivity index (χ1v) is 6.57. The standard InChI is InChI=1S/C15H11Cl2FO2/c1-20-15-5-3-11(17)8-12(15)14(19)7-9-6-10(16)2-4-13(9)18/h2-6,8H,7H2,1H3. The fourth-order valence-electron chi connectivity index (χ4n) is 1.85. The molecule has 2 nitrogen and oxygen atoms in total. The van der Waals surface area contributed by atoms with Gasteiger partial charge in [-0.1, -0.05) is 23.2 Å². The van der Waals surface area contributed by atoms with E-state index in [1.807, 2.05) is 0 Å². The van der Waals surface area contributed by atoms with Gasteiger partial charge in [-0.2, -0.15) is 0 Å². The summed E-state index contributed by atoms with van der Waals surface area (Å²) < 4.78 is 18.8. The summed E-state index contributed by atoms with van der Waals surface area (Å²) in [7, 11) is 1.46. The van der Waals surface area contributed by atoms with Crippen molar-refractivity contribution in [2.75, 3.05) is 7.11 Å². The molecule has 0 saturated heterocycles. The molecule has 104 valence electrons. The van der Waals surface area contributed by atoms with Gasteiger partial charge in [0.05, 0.1) is 12.7 Å². The van der Waals surface area contributed by atoms with Crippen LogP contribution in [0.15, 0.2) is 36.4 Å². The van der Waals surface area contributed by atoms with E-state index in [1.54, 1.807) is 12.1 Å². The molecule has 5 heteroatoms. The monoisotopic (exact) mass is 312 g/mol. The average molecular weight is 313 g/mol. The largest absolute Gasteiger partial charge is 0.496 e. The summed E-state index contributed by atoms with van der Waals surface area (Å²) in [5.41, 5.74) is 0.559. The fourth-order valence-corrected chi connectivity index (χ4v) is 2.21. The minimum Gasteiger partial charge on any atom is -0.496 e. The molecule has 0 heterocycles. The van der Waals surface area contributed by atoms with Crippen molar-refractivity contribution in [2.45, 2.75) is 6.42 Å². The second-order valence-corrected chi connectivity index (χ2v) is 5.05. The number of hydrogen-bond acceptors (Lipinski definition) is 2. The normalized spacial score (nSPS) is 10.4. The molecule has 2 aromatic carbocycles. The molecule has 2 aromatic rings. The number of benzene rings is 2. The Kier molecular flexibility index (Phi) is 4.63. The highest BCUT2D eigenvalue weighted by atomic mass is 35.5. The van der Waals surface area contributed by atoms with Crippen LogP contribution < -0.4 is 4.74 Å². The Balaban J connectivity index is 2.32. The van der Waals surface area contributed by atoms with Gasteiger partial charge in [-0.05, 0) is 42.0 Å².